The zero-order valence-electron chi connectivity index (χ0n) is 13.5. The Kier molecular flexibility index (Phi) is 5.99. The summed E-state index contributed by atoms with van der Waals surface area (Å²) >= 11 is 0. The van der Waals surface area contributed by atoms with Crippen LogP contribution in [0.5, 0.6) is 0 Å². The minimum Gasteiger partial charge on any atom is -0.344 e. The van der Waals surface area contributed by atoms with Crippen molar-refractivity contribution in [3.63, 3.8) is 0 Å². The SMILES string of the molecule is CC(C)CC(=O)N[C@@H](Cc1ccccc1)C(=O)N1CCCC1. The Bertz CT molecular complexity index is 493. The Labute approximate surface area is 132 Å². The highest BCUT2D eigenvalue weighted by molar-refractivity contribution is 5.88. The molecule has 0 radical (unpaired) electrons. The van der Waals surface area contributed by atoms with Crippen LogP contribution in [0.1, 0.15) is 38.7 Å². The van der Waals surface area contributed by atoms with Crippen LogP contribution in [0.25, 0.3) is 0 Å². The van der Waals surface area contributed by atoms with Gasteiger partial charge in [0.25, 0.3) is 0 Å². The largest absolute Gasteiger partial charge is 0.344 e. The van der Waals surface area contributed by atoms with Crippen molar-refractivity contribution in [1.82, 2.24) is 10.2 Å². The molecule has 4 heteroatoms. The maximum Gasteiger partial charge on any atom is 0.245 e. The monoisotopic (exact) mass is 302 g/mol. The van der Waals surface area contributed by atoms with Gasteiger partial charge in [-0.2, -0.15) is 0 Å². The Morgan fingerprint density at radius 2 is 1.77 bits per heavy atom. The minimum atomic E-state index is -0.452. The second kappa shape index (κ2) is 7.97. The molecule has 1 N–H and O–H groups in total. The molecule has 0 aromatic heterocycles. The number of amides is 2. The number of rotatable bonds is 6. The molecule has 1 atom stereocenters. The van der Waals surface area contributed by atoms with Crippen molar-refractivity contribution >= 4 is 11.8 Å². The van der Waals surface area contributed by atoms with Gasteiger partial charge < -0.3 is 10.2 Å². The number of carbonyl (C=O) groups is 2. The number of likely N-dealkylation sites (tertiary alicyclic amines) is 1. The second-order valence-corrected chi connectivity index (χ2v) is 6.44. The molecule has 2 amide bonds. The van der Waals surface area contributed by atoms with E-state index in [1.807, 2.05) is 49.1 Å². The molecule has 2 rings (SSSR count). The van der Waals surface area contributed by atoms with Gasteiger partial charge in [0, 0.05) is 25.9 Å². The smallest absolute Gasteiger partial charge is 0.245 e. The molecule has 1 heterocycles. The number of nitrogens with one attached hydrogen (secondary N) is 1. The first kappa shape index (κ1) is 16.5. The summed E-state index contributed by atoms with van der Waals surface area (Å²) < 4.78 is 0. The van der Waals surface area contributed by atoms with Crippen LogP contribution < -0.4 is 5.32 Å². The molecule has 0 unspecified atom stereocenters. The maximum absolute atomic E-state index is 12.7. The normalized spacial score (nSPS) is 15.9. The molecule has 4 nitrogen and oxygen atoms in total. The zero-order chi connectivity index (χ0) is 15.9. The van der Waals surface area contributed by atoms with Crippen molar-refractivity contribution in [2.24, 2.45) is 5.92 Å². The highest BCUT2D eigenvalue weighted by atomic mass is 16.2. The second-order valence-electron chi connectivity index (χ2n) is 6.44. The summed E-state index contributed by atoms with van der Waals surface area (Å²) in [6.45, 7) is 5.64. The van der Waals surface area contributed by atoms with Gasteiger partial charge in [0.15, 0.2) is 0 Å². The standard InChI is InChI=1S/C18H26N2O2/c1-14(2)12-17(21)19-16(13-15-8-4-3-5-9-15)18(22)20-10-6-7-11-20/h3-5,8-9,14,16H,6-7,10-13H2,1-2H3,(H,19,21)/t16-/m0/s1. The molecule has 1 saturated heterocycles. The third-order valence-corrected chi connectivity index (χ3v) is 3.93. The van der Waals surface area contributed by atoms with Crippen LogP contribution in [0.4, 0.5) is 0 Å². The first-order chi connectivity index (χ1) is 10.6. The molecule has 1 fully saturated rings. The van der Waals surface area contributed by atoms with Gasteiger partial charge in [0.1, 0.15) is 6.04 Å². The molecule has 0 aliphatic carbocycles. The molecule has 1 aromatic carbocycles. The Balaban J connectivity index is 2.05. The van der Waals surface area contributed by atoms with Crippen molar-refractivity contribution < 1.29 is 9.59 Å². The summed E-state index contributed by atoms with van der Waals surface area (Å²) in [6.07, 6.45) is 3.13. The van der Waals surface area contributed by atoms with Gasteiger partial charge in [-0.05, 0) is 24.3 Å². The average Bonchev–Trinajstić information content (AvgIpc) is 3.00. The van der Waals surface area contributed by atoms with E-state index in [0.29, 0.717) is 18.8 Å². The topological polar surface area (TPSA) is 49.4 Å². The van der Waals surface area contributed by atoms with Crippen molar-refractivity contribution in [2.75, 3.05) is 13.1 Å². The van der Waals surface area contributed by atoms with Crippen LogP contribution in [0.2, 0.25) is 0 Å². The van der Waals surface area contributed by atoms with Crippen molar-refractivity contribution in [2.45, 2.75) is 45.6 Å². The van der Waals surface area contributed by atoms with Gasteiger partial charge in [-0.25, -0.2) is 0 Å². The van der Waals surface area contributed by atoms with Crippen molar-refractivity contribution in [3.05, 3.63) is 35.9 Å². The Morgan fingerprint density at radius 1 is 1.14 bits per heavy atom. The fourth-order valence-electron chi connectivity index (χ4n) is 2.83. The van der Waals surface area contributed by atoms with E-state index in [-0.39, 0.29) is 11.8 Å². The Hall–Kier alpha value is -1.84. The van der Waals surface area contributed by atoms with E-state index in [4.69, 9.17) is 0 Å². The van der Waals surface area contributed by atoms with Crippen LogP contribution in [-0.2, 0) is 16.0 Å². The third kappa shape index (κ3) is 4.86. The van der Waals surface area contributed by atoms with Crippen LogP contribution in [0.15, 0.2) is 30.3 Å². The van der Waals surface area contributed by atoms with Gasteiger partial charge in [0.2, 0.25) is 11.8 Å². The van der Waals surface area contributed by atoms with E-state index < -0.39 is 6.04 Å². The predicted octanol–water partition coefficient (Wildman–Crippen LogP) is 2.38. The van der Waals surface area contributed by atoms with E-state index in [0.717, 1.165) is 31.5 Å². The van der Waals surface area contributed by atoms with Crippen LogP contribution in [-0.4, -0.2) is 35.8 Å². The van der Waals surface area contributed by atoms with Gasteiger partial charge in [-0.15, -0.1) is 0 Å². The summed E-state index contributed by atoms with van der Waals surface area (Å²) in [7, 11) is 0. The van der Waals surface area contributed by atoms with E-state index in [9.17, 15) is 9.59 Å². The highest BCUT2D eigenvalue weighted by Crippen LogP contribution is 2.12. The number of benzene rings is 1. The lowest BCUT2D eigenvalue weighted by atomic mass is 10.0. The van der Waals surface area contributed by atoms with E-state index in [1.165, 1.54) is 0 Å². The third-order valence-electron chi connectivity index (χ3n) is 3.93. The molecule has 1 aromatic rings. The van der Waals surface area contributed by atoms with Crippen LogP contribution in [0, 0.1) is 5.92 Å². The molecular weight excluding hydrogens is 276 g/mol. The first-order valence-corrected chi connectivity index (χ1v) is 8.18. The molecule has 1 aliphatic heterocycles. The Morgan fingerprint density at radius 3 is 2.36 bits per heavy atom. The highest BCUT2D eigenvalue weighted by Gasteiger charge is 2.27. The van der Waals surface area contributed by atoms with Gasteiger partial charge >= 0.3 is 0 Å². The van der Waals surface area contributed by atoms with E-state index >= 15 is 0 Å². The number of carbonyl (C=O) groups excluding carboxylic acids is 2. The lowest BCUT2D eigenvalue weighted by Gasteiger charge is -2.24. The number of hydrogen-bond acceptors (Lipinski definition) is 2. The van der Waals surface area contributed by atoms with Gasteiger partial charge in [0.05, 0.1) is 0 Å². The van der Waals surface area contributed by atoms with Crippen LogP contribution in [0.3, 0.4) is 0 Å². The van der Waals surface area contributed by atoms with Gasteiger partial charge in [-0.3, -0.25) is 9.59 Å². The van der Waals surface area contributed by atoms with E-state index in [2.05, 4.69) is 5.32 Å². The molecule has 22 heavy (non-hydrogen) atoms. The van der Waals surface area contributed by atoms with E-state index in [1.54, 1.807) is 0 Å². The lowest BCUT2D eigenvalue weighted by Crippen LogP contribution is -2.49. The van der Waals surface area contributed by atoms with Crippen LogP contribution >= 0.6 is 0 Å². The minimum absolute atomic E-state index is 0.0384. The number of nitrogens with zero attached hydrogens (tertiary/aromatic N) is 1. The molecule has 0 bridgehead atoms. The quantitative estimate of drug-likeness (QED) is 0.877. The van der Waals surface area contributed by atoms with Crippen molar-refractivity contribution in [1.29, 1.82) is 0 Å². The summed E-state index contributed by atoms with van der Waals surface area (Å²) in [4.78, 5) is 26.7. The summed E-state index contributed by atoms with van der Waals surface area (Å²) in [5.41, 5.74) is 1.07. The maximum atomic E-state index is 12.7. The zero-order valence-corrected chi connectivity index (χ0v) is 13.5. The fraction of sp³-hybridized carbons (Fsp3) is 0.556. The van der Waals surface area contributed by atoms with Crippen molar-refractivity contribution in [3.8, 4) is 0 Å². The average molecular weight is 302 g/mol. The molecule has 120 valence electrons. The summed E-state index contributed by atoms with van der Waals surface area (Å²) in [5, 5.41) is 2.94. The summed E-state index contributed by atoms with van der Waals surface area (Å²) in [6, 6.07) is 9.42. The first-order valence-electron chi connectivity index (χ1n) is 8.18. The molecule has 0 saturated carbocycles. The molecular formula is C18H26N2O2. The number of hydrogen-bond donors (Lipinski definition) is 1. The molecule has 0 spiro atoms. The summed E-state index contributed by atoms with van der Waals surface area (Å²) in [5.74, 6) is 0.307. The predicted molar refractivity (Wildman–Crippen MR) is 87.3 cm³/mol. The lowest BCUT2D eigenvalue weighted by molar-refractivity contribution is -0.135. The van der Waals surface area contributed by atoms with Gasteiger partial charge in [-0.1, -0.05) is 44.2 Å². The fourth-order valence-corrected chi connectivity index (χ4v) is 2.83. The molecule has 1 aliphatic rings.